The third kappa shape index (κ3) is 1.74. The van der Waals surface area contributed by atoms with E-state index in [0.717, 1.165) is 15.9 Å². The number of aromatic nitrogens is 2. The molecule has 0 bridgehead atoms. The fraction of sp³-hybridized carbons (Fsp3) is 0.100. The Balaban J connectivity index is 2.54. The van der Waals surface area contributed by atoms with Gasteiger partial charge in [-0.2, -0.15) is 5.10 Å². The topological polar surface area (TPSA) is 43.8 Å². The van der Waals surface area contributed by atoms with Crippen molar-refractivity contribution in [2.24, 2.45) is 0 Å². The van der Waals surface area contributed by atoms with Crippen LogP contribution in [-0.4, -0.2) is 9.78 Å². The summed E-state index contributed by atoms with van der Waals surface area (Å²) in [6.07, 6.45) is 0. The zero-order chi connectivity index (χ0) is 11.0. The summed E-state index contributed by atoms with van der Waals surface area (Å²) in [4.78, 5) is 0. The molecule has 0 aliphatic carbocycles. The SMILES string of the molecule is Cc1nn(-c2ccc(F)cc2)c(N)c1Br. The monoisotopic (exact) mass is 269 g/mol. The van der Waals surface area contributed by atoms with Gasteiger partial charge in [-0.25, -0.2) is 9.07 Å². The molecule has 0 saturated heterocycles. The van der Waals surface area contributed by atoms with Crippen molar-refractivity contribution in [3.05, 3.63) is 40.2 Å². The van der Waals surface area contributed by atoms with Gasteiger partial charge in [-0.3, -0.25) is 0 Å². The maximum Gasteiger partial charge on any atom is 0.141 e. The maximum absolute atomic E-state index is 12.7. The van der Waals surface area contributed by atoms with Gasteiger partial charge in [0.15, 0.2) is 0 Å². The average molecular weight is 270 g/mol. The van der Waals surface area contributed by atoms with E-state index in [1.54, 1.807) is 16.8 Å². The number of anilines is 1. The van der Waals surface area contributed by atoms with Crippen LogP contribution >= 0.6 is 15.9 Å². The summed E-state index contributed by atoms with van der Waals surface area (Å²) in [6.45, 7) is 1.85. The molecule has 2 N–H and O–H groups in total. The molecule has 78 valence electrons. The lowest BCUT2D eigenvalue weighted by atomic mass is 10.3. The number of aryl methyl sites for hydroxylation is 1. The smallest absolute Gasteiger partial charge is 0.141 e. The summed E-state index contributed by atoms with van der Waals surface area (Å²) in [5, 5.41) is 4.23. The number of halogens is 2. The molecule has 2 rings (SSSR count). The van der Waals surface area contributed by atoms with Gasteiger partial charge in [-0.1, -0.05) is 0 Å². The maximum atomic E-state index is 12.7. The van der Waals surface area contributed by atoms with E-state index >= 15 is 0 Å². The minimum atomic E-state index is -0.278. The van der Waals surface area contributed by atoms with Crippen molar-refractivity contribution in [2.45, 2.75) is 6.92 Å². The minimum Gasteiger partial charge on any atom is -0.383 e. The Kier molecular flexibility index (Phi) is 2.48. The van der Waals surface area contributed by atoms with Gasteiger partial charge < -0.3 is 5.73 Å². The van der Waals surface area contributed by atoms with E-state index in [1.165, 1.54) is 12.1 Å². The molecule has 0 saturated carbocycles. The molecule has 1 heterocycles. The van der Waals surface area contributed by atoms with Crippen molar-refractivity contribution >= 4 is 21.7 Å². The molecule has 0 amide bonds. The van der Waals surface area contributed by atoms with Crippen LogP contribution in [-0.2, 0) is 0 Å². The predicted molar refractivity (Wildman–Crippen MR) is 60.4 cm³/mol. The van der Waals surface area contributed by atoms with E-state index in [9.17, 15) is 4.39 Å². The Morgan fingerprint density at radius 3 is 2.40 bits per heavy atom. The van der Waals surface area contributed by atoms with Gasteiger partial charge in [-0.15, -0.1) is 0 Å². The van der Waals surface area contributed by atoms with E-state index in [1.807, 2.05) is 6.92 Å². The van der Waals surface area contributed by atoms with Crippen molar-refractivity contribution in [2.75, 3.05) is 5.73 Å². The molecule has 0 fully saturated rings. The van der Waals surface area contributed by atoms with E-state index in [0.29, 0.717) is 5.82 Å². The number of rotatable bonds is 1. The number of nitrogens with two attached hydrogens (primary N) is 1. The standard InChI is InChI=1S/C10H9BrFN3/c1-6-9(11)10(13)15(14-6)8-4-2-7(12)3-5-8/h2-5H,13H2,1H3. The number of benzene rings is 1. The highest BCUT2D eigenvalue weighted by molar-refractivity contribution is 9.10. The van der Waals surface area contributed by atoms with Crippen LogP contribution < -0.4 is 5.73 Å². The predicted octanol–water partition coefficient (Wildman–Crippen LogP) is 2.66. The highest BCUT2D eigenvalue weighted by atomic mass is 79.9. The fourth-order valence-electron chi connectivity index (χ4n) is 1.31. The van der Waals surface area contributed by atoms with Crippen LogP contribution in [0.5, 0.6) is 0 Å². The van der Waals surface area contributed by atoms with E-state index < -0.39 is 0 Å². The summed E-state index contributed by atoms with van der Waals surface area (Å²) < 4.78 is 15.1. The Morgan fingerprint density at radius 2 is 1.93 bits per heavy atom. The number of nitrogens with zero attached hydrogens (tertiary/aromatic N) is 2. The molecule has 5 heteroatoms. The van der Waals surface area contributed by atoms with E-state index in [4.69, 9.17) is 5.73 Å². The lowest BCUT2D eigenvalue weighted by Crippen LogP contribution is -2.01. The van der Waals surface area contributed by atoms with Crippen LogP contribution in [0.15, 0.2) is 28.7 Å². The molecule has 0 unspecified atom stereocenters. The summed E-state index contributed by atoms with van der Waals surface area (Å²) in [5.41, 5.74) is 7.37. The third-order valence-corrected chi connectivity index (χ3v) is 3.07. The lowest BCUT2D eigenvalue weighted by Gasteiger charge is -2.03. The van der Waals surface area contributed by atoms with Crippen molar-refractivity contribution in [1.82, 2.24) is 9.78 Å². The van der Waals surface area contributed by atoms with Gasteiger partial charge in [0.2, 0.25) is 0 Å². The Morgan fingerprint density at radius 1 is 1.33 bits per heavy atom. The minimum absolute atomic E-state index is 0.278. The Labute approximate surface area is 94.8 Å². The van der Waals surface area contributed by atoms with E-state index in [2.05, 4.69) is 21.0 Å². The highest BCUT2D eigenvalue weighted by Gasteiger charge is 2.10. The molecule has 0 atom stereocenters. The number of nitrogen functional groups attached to an aromatic ring is 1. The van der Waals surface area contributed by atoms with Crippen LogP contribution in [0.4, 0.5) is 10.2 Å². The molecule has 1 aromatic heterocycles. The van der Waals surface area contributed by atoms with Gasteiger partial charge in [-0.05, 0) is 47.1 Å². The molecule has 0 radical (unpaired) electrons. The van der Waals surface area contributed by atoms with Gasteiger partial charge in [0.25, 0.3) is 0 Å². The molecule has 2 aromatic rings. The van der Waals surface area contributed by atoms with Crippen LogP contribution in [0, 0.1) is 12.7 Å². The second-order valence-electron chi connectivity index (χ2n) is 3.17. The Hall–Kier alpha value is -1.36. The molecule has 0 spiro atoms. The molecule has 3 nitrogen and oxygen atoms in total. The van der Waals surface area contributed by atoms with Crippen LogP contribution in [0.2, 0.25) is 0 Å². The zero-order valence-corrected chi connectivity index (χ0v) is 9.62. The third-order valence-electron chi connectivity index (χ3n) is 2.09. The molecular formula is C10H9BrFN3. The first kappa shape index (κ1) is 10.2. The molecule has 0 aliphatic heterocycles. The largest absolute Gasteiger partial charge is 0.383 e. The normalized spacial score (nSPS) is 10.6. The van der Waals surface area contributed by atoms with Crippen LogP contribution in [0.3, 0.4) is 0 Å². The first-order chi connectivity index (χ1) is 7.09. The van der Waals surface area contributed by atoms with Gasteiger partial charge in [0, 0.05) is 0 Å². The summed E-state index contributed by atoms with van der Waals surface area (Å²) in [6, 6.07) is 6.01. The number of hydrogen-bond acceptors (Lipinski definition) is 2. The van der Waals surface area contributed by atoms with Gasteiger partial charge in [0.1, 0.15) is 11.6 Å². The second kappa shape index (κ2) is 3.66. The highest BCUT2D eigenvalue weighted by Crippen LogP contribution is 2.25. The summed E-state index contributed by atoms with van der Waals surface area (Å²) in [5.74, 6) is 0.236. The molecular weight excluding hydrogens is 261 g/mol. The van der Waals surface area contributed by atoms with Crippen LogP contribution in [0.25, 0.3) is 5.69 Å². The lowest BCUT2D eigenvalue weighted by molar-refractivity contribution is 0.627. The van der Waals surface area contributed by atoms with Gasteiger partial charge >= 0.3 is 0 Å². The molecule has 1 aromatic carbocycles. The fourth-order valence-corrected chi connectivity index (χ4v) is 1.55. The second-order valence-corrected chi connectivity index (χ2v) is 3.97. The summed E-state index contributed by atoms with van der Waals surface area (Å²) >= 11 is 3.33. The molecule has 0 aliphatic rings. The average Bonchev–Trinajstić information content (AvgIpc) is 2.47. The number of hydrogen-bond donors (Lipinski definition) is 1. The van der Waals surface area contributed by atoms with Crippen molar-refractivity contribution < 1.29 is 4.39 Å². The van der Waals surface area contributed by atoms with Gasteiger partial charge in [0.05, 0.1) is 15.9 Å². The Bertz CT molecular complexity index is 490. The molecule has 15 heavy (non-hydrogen) atoms. The van der Waals surface area contributed by atoms with Crippen molar-refractivity contribution in [1.29, 1.82) is 0 Å². The first-order valence-electron chi connectivity index (χ1n) is 4.36. The first-order valence-corrected chi connectivity index (χ1v) is 5.15. The summed E-state index contributed by atoms with van der Waals surface area (Å²) in [7, 11) is 0. The van der Waals surface area contributed by atoms with Crippen LogP contribution in [0.1, 0.15) is 5.69 Å². The zero-order valence-electron chi connectivity index (χ0n) is 8.04. The quantitative estimate of drug-likeness (QED) is 0.865. The van der Waals surface area contributed by atoms with Crippen molar-refractivity contribution in [3.8, 4) is 5.69 Å². The van der Waals surface area contributed by atoms with E-state index in [-0.39, 0.29) is 5.82 Å². The van der Waals surface area contributed by atoms with Crippen molar-refractivity contribution in [3.63, 3.8) is 0 Å².